The highest BCUT2D eigenvalue weighted by Gasteiger charge is 2.28. The first-order valence-corrected chi connectivity index (χ1v) is 8.92. The molecule has 0 radical (unpaired) electrons. The Morgan fingerprint density at radius 1 is 1.41 bits per heavy atom. The molecule has 0 saturated carbocycles. The molecule has 7 nitrogen and oxygen atoms in total. The summed E-state index contributed by atoms with van der Waals surface area (Å²) in [6.45, 7) is 3.12. The molecule has 1 aliphatic rings. The normalized spacial score (nSPS) is 18.6. The number of nitrogens with zero attached hydrogens (tertiary/aromatic N) is 2. The lowest BCUT2D eigenvalue weighted by molar-refractivity contribution is -0.130. The van der Waals surface area contributed by atoms with Gasteiger partial charge < -0.3 is 9.47 Å². The summed E-state index contributed by atoms with van der Waals surface area (Å²) in [6.07, 6.45) is 0.874. The van der Waals surface area contributed by atoms with Crippen molar-refractivity contribution >= 4 is 15.9 Å². The Hall–Kier alpha value is -1.67. The zero-order valence-electron chi connectivity index (χ0n) is 12.6. The van der Waals surface area contributed by atoms with Crippen LogP contribution in [0.5, 0.6) is 0 Å². The molecule has 0 spiro atoms. The Labute approximate surface area is 129 Å². The van der Waals surface area contributed by atoms with Crippen LogP contribution in [0.2, 0.25) is 0 Å². The number of pyridine rings is 1. The highest BCUT2D eigenvalue weighted by Crippen LogP contribution is 2.18. The van der Waals surface area contributed by atoms with Crippen LogP contribution in [0, 0.1) is 12.8 Å². The third-order valence-corrected chi connectivity index (χ3v) is 4.86. The van der Waals surface area contributed by atoms with Crippen molar-refractivity contribution in [2.45, 2.75) is 26.3 Å². The quantitative estimate of drug-likeness (QED) is 0.801. The summed E-state index contributed by atoms with van der Waals surface area (Å²) < 4.78 is 23.7. The average molecular weight is 327 g/mol. The van der Waals surface area contributed by atoms with E-state index < -0.39 is 10.0 Å². The molecule has 122 valence electrons. The molecule has 1 aliphatic heterocycles. The smallest absolute Gasteiger partial charge is 0.250 e. The van der Waals surface area contributed by atoms with Crippen molar-refractivity contribution in [1.82, 2.24) is 9.47 Å². The molecule has 2 heterocycles. The van der Waals surface area contributed by atoms with Crippen LogP contribution < -0.4 is 10.7 Å². The lowest BCUT2D eigenvalue weighted by Crippen LogP contribution is -2.32. The number of hydrogen-bond donors (Lipinski definition) is 1. The van der Waals surface area contributed by atoms with Gasteiger partial charge in [-0.3, -0.25) is 9.59 Å². The van der Waals surface area contributed by atoms with Gasteiger partial charge in [0.25, 0.3) is 5.56 Å². The monoisotopic (exact) mass is 327 g/mol. The number of amides is 1. The van der Waals surface area contributed by atoms with E-state index in [4.69, 9.17) is 5.14 Å². The predicted octanol–water partition coefficient (Wildman–Crippen LogP) is -0.316. The Morgan fingerprint density at radius 3 is 2.77 bits per heavy atom. The number of likely N-dealkylation sites (tertiary alicyclic amines) is 1. The van der Waals surface area contributed by atoms with Crippen molar-refractivity contribution in [3.63, 3.8) is 0 Å². The van der Waals surface area contributed by atoms with Gasteiger partial charge in [-0.25, -0.2) is 13.6 Å². The molecule has 8 heteroatoms. The summed E-state index contributed by atoms with van der Waals surface area (Å²) in [4.78, 5) is 25.6. The third-order valence-electron chi connectivity index (χ3n) is 3.92. The Kier molecular flexibility index (Phi) is 5.02. The number of rotatable bonds is 5. The van der Waals surface area contributed by atoms with E-state index in [1.54, 1.807) is 15.5 Å². The molecule has 1 amide bonds. The first-order chi connectivity index (χ1) is 10.3. The van der Waals surface area contributed by atoms with E-state index in [-0.39, 0.29) is 29.6 Å². The molecule has 1 fully saturated rings. The van der Waals surface area contributed by atoms with Gasteiger partial charge in [-0.05, 0) is 25.3 Å². The molecular formula is C14H21N3O4S. The average Bonchev–Trinajstić information content (AvgIpc) is 2.84. The SMILES string of the molecule is Cc1cccc(=O)n1CCC(=O)N1CC[C@H](CS(N)(=O)=O)C1. The fraction of sp³-hybridized carbons (Fsp3) is 0.571. The number of hydrogen-bond acceptors (Lipinski definition) is 4. The molecule has 1 aromatic heterocycles. The van der Waals surface area contributed by atoms with Gasteiger partial charge in [-0.2, -0.15) is 0 Å². The van der Waals surface area contributed by atoms with Gasteiger partial charge in [0, 0.05) is 37.8 Å². The molecule has 2 rings (SSSR count). The molecule has 0 bridgehead atoms. The largest absolute Gasteiger partial charge is 0.342 e. The number of primary sulfonamides is 1. The van der Waals surface area contributed by atoms with Crippen molar-refractivity contribution in [2.75, 3.05) is 18.8 Å². The van der Waals surface area contributed by atoms with Gasteiger partial charge in [0.1, 0.15) is 0 Å². The maximum Gasteiger partial charge on any atom is 0.250 e. The van der Waals surface area contributed by atoms with E-state index in [0.717, 1.165) is 5.69 Å². The van der Waals surface area contributed by atoms with Crippen LogP contribution in [0.4, 0.5) is 0 Å². The first-order valence-electron chi connectivity index (χ1n) is 7.21. The Morgan fingerprint density at radius 2 is 2.14 bits per heavy atom. The zero-order valence-corrected chi connectivity index (χ0v) is 13.4. The third kappa shape index (κ3) is 4.41. The van der Waals surface area contributed by atoms with Gasteiger partial charge >= 0.3 is 0 Å². The van der Waals surface area contributed by atoms with E-state index in [9.17, 15) is 18.0 Å². The van der Waals surface area contributed by atoms with E-state index >= 15 is 0 Å². The number of nitrogens with two attached hydrogens (primary N) is 1. The second-order valence-corrected chi connectivity index (χ2v) is 7.39. The zero-order chi connectivity index (χ0) is 16.3. The van der Waals surface area contributed by atoms with Crippen LogP contribution in [0.1, 0.15) is 18.5 Å². The molecule has 0 aromatic carbocycles. The second-order valence-electron chi connectivity index (χ2n) is 5.73. The molecule has 0 unspecified atom stereocenters. The van der Waals surface area contributed by atoms with Gasteiger partial charge in [-0.1, -0.05) is 6.07 Å². The van der Waals surface area contributed by atoms with E-state index in [0.29, 0.717) is 26.1 Å². The van der Waals surface area contributed by atoms with Crippen molar-refractivity contribution in [3.05, 3.63) is 34.2 Å². The van der Waals surface area contributed by atoms with Crippen LogP contribution in [0.25, 0.3) is 0 Å². The molecule has 1 saturated heterocycles. The summed E-state index contributed by atoms with van der Waals surface area (Å²) in [5.74, 6) is -0.249. The predicted molar refractivity (Wildman–Crippen MR) is 82.7 cm³/mol. The van der Waals surface area contributed by atoms with Crippen molar-refractivity contribution < 1.29 is 13.2 Å². The highest BCUT2D eigenvalue weighted by molar-refractivity contribution is 7.89. The maximum atomic E-state index is 12.2. The minimum Gasteiger partial charge on any atom is -0.342 e. The van der Waals surface area contributed by atoms with E-state index in [1.165, 1.54) is 6.07 Å². The van der Waals surface area contributed by atoms with Gasteiger partial charge in [-0.15, -0.1) is 0 Å². The molecule has 1 atom stereocenters. The topological polar surface area (TPSA) is 102 Å². The fourth-order valence-electron chi connectivity index (χ4n) is 2.80. The lowest BCUT2D eigenvalue weighted by Gasteiger charge is -2.17. The number of carbonyl (C=O) groups is 1. The van der Waals surface area contributed by atoms with Crippen LogP contribution in [0.15, 0.2) is 23.0 Å². The number of carbonyl (C=O) groups excluding carboxylic acids is 1. The first kappa shape index (κ1) is 16.7. The standard InChI is InChI=1S/C14H21N3O4S/c1-11-3-2-4-14(19)17(11)8-6-13(18)16-7-5-12(9-16)10-22(15,20)21/h2-4,12H,5-10H2,1H3,(H2,15,20,21)/t12-/m0/s1. The van der Waals surface area contributed by atoms with Crippen molar-refractivity contribution in [3.8, 4) is 0 Å². The molecular weight excluding hydrogens is 306 g/mol. The second kappa shape index (κ2) is 6.62. The number of aryl methyl sites for hydroxylation is 1. The minimum absolute atomic E-state index is 0.0629. The van der Waals surface area contributed by atoms with E-state index in [1.807, 2.05) is 13.0 Å². The van der Waals surface area contributed by atoms with Crippen LogP contribution in [-0.4, -0.2) is 42.6 Å². The fourth-order valence-corrected chi connectivity index (χ4v) is 3.73. The number of sulfonamides is 1. The van der Waals surface area contributed by atoms with Crippen LogP contribution in [0.3, 0.4) is 0 Å². The van der Waals surface area contributed by atoms with Gasteiger partial charge in [0.05, 0.1) is 5.75 Å². The number of aromatic nitrogens is 1. The summed E-state index contributed by atoms with van der Waals surface area (Å²) in [5, 5.41) is 5.04. The van der Waals surface area contributed by atoms with Crippen LogP contribution >= 0.6 is 0 Å². The Balaban J connectivity index is 1.90. The van der Waals surface area contributed by atoms with Gasteiger partial charge in [0.2, 0.25) is 15.9 Å². The molecule has 0 aliphatic carbocycles. The summed E-state index contributed by atoms with van der Waals surface area (Å²) in [5.41, 5.74) is 0.690. The molecule has 1 aromatic rings. The highest BCUT2D eigenvalue weighted by atomic mass is 32.2. The summed E-state index contributed by atoms with van der Waals surface area (Å²) in [6, 6.07) is 4.98. The van der Waals surface area contributed by atoms with Gasteiger partial charge in [0.15, 0.2) is 0 Å². The van der Waals surface area contributed by atoms with Crippen molar-refractivity contribution in [2.24, 2.45) is 11.1 Å². The van der Waals surface area contributed by atoms with E-state index in [2.05, 4.69) is 0 Å². The lowest BCUT2D eigenvalue weighted by atomic mass is 10.2. The Bertz CT molecular complexity index is 711. The maximum absolute atomic E-state index is 12.2. The minimum atomic E-state index is -3.51. The van der Waals surface area contributed by atoms with Crippen molar-refractivity contribution in [1.29, 1.82) is 0 Å². The van der Waals surface area contributed by atoms with Crippen LogP contribution in [-0.2, 0) is 21.4 Å². The summed E-state index contributed by atoms with van der Waals surface area (Å²) in [7, 11) is -3.51. The summed E-state index contributed by atoms with van der Waals surface area (Å²) >= 11 is 0. The molecule has 2 N–H and O–H groups in total. The molecule has 22 heavy (non-hydrogen) atoms.